The fraction of sp³-hybridized carbons (Fsp3) is 0.526. The molecule has 156 valence electrons. The minimum absolute atomic E-state index is 0.257. The molecule has 0 unspecified atom stereocenters. The van der Waals surface area contributed by atoms with Gasteiger partial charge >= 0.3 is 11.7 Å². The average molecular weight is 402 g/mol. The molecule has 0 radical (unpaired) electrons. The minimum Gasteiger partial charge on any atom is -0.468 e. The van der Waals surface area contributed by atoms with Crippen LogP contribution in [0.5, 0.6) is 0 Å². The van der Waals surface area contributed by atoms with Crippen LogP contribution >= 0.6 is 0 Å². The fourth-order valence-corrected chi connectivity index (χ4v) is 3.29. The molecule has 0 aromatic carbocycles. The van der Waals surface area contributed by atoms with E-state index in [0.717, 1.165) is 22.4 Å². The molecule has 10 nitrogen and oxygen atoms in total. The van der Waals surface area contributed by atoms with Gasteiger partial charge in [-0.2, -0.15) is 10.1 Å². The van der Waals surface area contributed by atoms with Gasteiger partial charge in [0.2, 0.25) is 5.95 Å². The van der Waals surface area contributed by atoms with Crippen LogP contribution in [0, 0.1) is 19.8 Å². The molecule has 3 heterocycles. The van der Waals surface area contributed by atoms with Gasteiger partial charge < -0.3 is 9.30 Å². The van der Waals surface area contributed by atoms with E-state index in [0.29, 0.717) is 18.4 Å². The summed E-state index contributed by atoms with van der Waals surface area (Å²) in [6.45, 7) is 8.03. The summed E-state index contributed by atoms with van der Waals surface area (Å²) in [6.07, 6.45) is 0.803. The van der Waals surface area contributed by atoms with E-state index < -0.39 is 23.8 Å². The number of ether oxygens (including phenoxy) is 1. The molecule has 0 aliphatic carbocycles. The molecule has 0 fully saturated rings. The van der Waals surface area contributed by atoms with Gasteiger partial charge in [0.05, 0.1) is 12.8 Å². The van der Waals surface area contributed by atoms with Crippen LogP contribution in [0.2, 0.25) is 0 Å². The summed E-state index contributed by atoms with van der Waals surface area (Å²) < 4.78 is 10.2. The SMILES string of the molecule is COC(=O)Cn1c(=O)c2c(nc(-n3nc(C)cc3C)n2CCC(C)C)n(C)c1=O. The quantitative estimate of drug-likeness (QED) is 0.568. The first-order valence-electron chi connectivity index (χ1n) is 9.46. The molecular formula is C19H26N6O4. The maximum absolute atomic E-state index is 13.2. The van der Waals surface area contributed by atoms with Crippen LogP contribution < -0.4 is 11.2 Å². The summed E-state index contributed by atoms with van der Waals surface area (Å²) in [5.41, 5.74) is 1.01. The predicted molar refractivity (Wildman–Crippen MR) is 107 cm³/mol. The van der Waals surface area contributed by atoms with Gasteiger partial charge in [-0.3, -0.25) is 14.2 Å². The summed E-state index contributed by atoms with van der Waals surface area (Å²) in [7, 11) is 2.74. The van der Waals surface area contributed by atoms with Crippen LogP contribution in [0.4, 0.5) is 0 Å². The Labute approximate surface area is 167 Å². The summed E-state index contributed by atoms with van der Waals surface area (Å²) in [5, 5.41) is 4.49. The molecule has 0 atom stereocenters. The van der Waals surface area contributed by atoms with E-state index in [1.54, 1.807) is 9.25 Å². The molecule has 0 amide bonds. The molecule has 10 heteroatoms. The van der Waals surface area contributed by atoms with Crippen molar-refractivity contribution in [1.82, 2.24) is 28.5 Å². The number of imidazole rings is 1. The normalized spacial score (nSPS) is 11.6. The van der Waals surface area contributed by atoms with Gasteiger partial charge in [-0.1, -0.05) is 13.8 Å². The topological polar surface area (TPSA) is 106 Å². The van der Waals surface area contributed by atoms with Crippen LogP contribution in [-0.4, -0.2) is 41.5 Å². The Morgan fingerprint density at radius 1 is 1.21 bits per heavy atom. The minimum atomic E-state index is -0.671. The highest BCUT2D eigenvalue weighted by Gasteiger charge is 2.23. The molecule has 3 aromatic rings. The molecule has 0 spiro atoms. The maximum atomic E-state index is 13.2. The Balaban J connectivity index is 2.37. The first-order chi connectivity index (χ1) is 13.6. The highest BCUT2D eigenvalue weighted by molar-refractivity contribution is 5.74. The Kier molecular flexibility index (Phi) is 5.45. The lowest BCUT2D eigenvalue weighted by atomic mass is 10.1. The summed E-state index contributed by atoms with van der Waals surface area (Å²) in [6, 6.07) is 1.92. The van der Waals surface area contributed by atoms with Crippen LogP contribution in [0.1, 0.15) is 31.7 Å². The number of rotatable bonds is 6. The number of nitrogens with zero attached hydrogens (tertiary/aromatic N) is 6. The third kappa shape index (κ3) is 3.62. The number of hydrogen-bond donors (Lipinski definition) is 0. The van der Waals surface area contributed by atoms with Crippen LogP contribution in [0.25, 0.3) is 17.1 Å². The van der Waals surface area contributed by atoms with Crippen LogP contribution in [0.15, 0.2) is 15.7 Å². The van der Waals surface area contributed by atoms with E-state index in [2.05, 4.69) is 28.7 Å². The van der Waals surface area contributed by atoms with E-state index in [9.17, 15) is 14.4 Å². The molecule has 29 heavy (non-hydrogen) atoms. The average Bonchev–Trinajstić information content (AvgIpc) is 3.20. The van der Waals surface area contributed by atoms with Gasteiger partial charge in [0.1, 0.15) is 6.54 Å². The molecule has 3 rings (SSSR count). The zero-order valence-electron chi connectivity index (χ0n) is 17.6. The first kappa shape index (κ1) is 20.6. The Hall–Kier alpha value is -3.17. The van der Waals surface area contributed by atoms with Crippen molar-refractivity contribution in [3.8, 4) is 5.95 Å². The van der Waals surface area contributed by atoms with Gasteiger partial charge in [0.15, 0.2) is 11.2 Å². The zero-order valence-corrected chi connectivity index (χ0v) is 17.6. The Morgan fingerprint density at radius 3 is 2.45 bits per heavy atom. The lowest BCUT2D eigenvalue weighted by Gasteiger charge is -2.12. The second-order valence-corrected chi connectivity index (χ2v) is 7.57. The lowest BCUT2D eigenvalue weighted by Crippen LogP contribution is -2.41. The van der Waals surface area contributed by atoms with Gasteiger partial charge in [-0.15, -0.1) is 0 Å². The van der Waals surface area contributed by atoms with Crippen molar-refractivity contribution in [1.29, 1.82) is 0 Å². The molecule has 0 aliphatic rings. The van der Waals surface area contributed by atoms with E-state index in [1.165, 1.54) is 18.7 Å². The molecule has 0 saturated heterocycles. The highest BCUT2D eigenvalue weighted by atomic mass is 16.5. The number of esters is 1. The van der Waals surface area contributed by atoms with E-state index in [4.69, 9.17) is 0 Å². The van der Waals surface area contributed by atoms with Crippen molar-refractivity contribution in [3.05, 3.63) is 38.3 Å². The number of carbonyl (C=O) groups excluding carboxylic acids is 1. The van der Waals surface area contributed by atoms with Gasteiger partial charge in [-0.25, -0.2) is 14.0 Å². The van der Waals surface area contributed by atoms with Gasteiger partial charge in [0, 0.05) is 19.3 Å². The second kappa shape index (κ2) is 7.69. The van der Waals surface area contributed by atoms with E-state index >= 15 is 0 Å². The van der Waals surface area contributed by atoms with Gasteiger partial charge in [0.25, 0.3) is 5.56 Å². The number of methoxy groups -OCH3 is 1. The Morgan fingerprint density at radius 2 is 1.90 bits per heavy atom. The van der Waals surface area contributed by atoms with Crippen LogP contribution in [0.3, 0.4) is 0 Å². The summed E-state index contributed by atoms with van der Waals surface area (Å²) in [4.78, 5) is 42.2. The van der Waals surface area contributed by atoms with E-state index in [1.807, 2.05) is 19.9 Å². The molecule has 0 bridgehead atoms. The summed E-state index contributed by atoms with van der Waals surface area (Å²) >= 11 is 0. The summed E-state index contributed by atoms with van der Waals surface area (Å²) in [5.74, 6) is 0.190. The number of carbonyl (C=O) groups is 1. The first-order valence-corrected chi connectivity index (χ1v) is 9.46. The zero-order chi connectivity index (χ0) is 21.5. The van der Waals surface area contributed by atoms with Crippen molar-refractivity contribution >= 4 is 17.1 Å². The molecular weight excluding hydrogens is 376 g/mol. The van der Waals surface area contributed by atoms with E-state index in [-0.39, 0.29) is 11.2 Å². The Bertz CT molecular complexity index is 1190. The van der Waals surface area contributed by atoms with Crippen molar-refractivity contribution < 1.29 is 9.53 Å². The maximum Gasteiger partial charge on any atom is 0.333 e. The molecule has 0 aliphatic heterocycles. The number of aromatic nitrogens is 6. The third-order valence-corrected chi connectivity index (χ3v) is 4.86. The number of fused-ring (bicyclic) bond motifs is 1. The lowest BCUT2D eigenvalue weighted by molar-refractivity contribution is -0.141. The molecule has 0 N–H and O–H groups in total. The second-order valence-electron chi connectivity index (χ2n) is 7.57. The van der Waals surface area contributed by atoms with Crippen molar-refractivity contribution in [2.24, 2.45) is 13.0 Å². The highest BCUT2D eigenvalue weighted by Crippen LogP contribution is 2.19. The largest absolute Gasteiger partial charge is 0.468 e. The van der Waals surface area contributed by atoms with Crippen molar-refractivity contribution in [2.45, 2.75) is 47.2 Å². The standard InChI is InChI=1S/C19H26N6O4/c1-11(2)7-8-23-15-16(20-18(23)25-13(4)9-12(3)21-25)22(5)19(28)24(17(15)27)10-14(26)29-6/h9,11H,7-8,10H2,1-6H3. The smallest absolute Gasteiger partial charge is 0.333 e. The number of aryl methyl sites for hydroxylation is 4. The molecule has 3 aromatic heterocycles. The fourth-order valence-electron chi connectivity index (χ4n) is 3.29. The van der Waals surface area contributed by atoms with Crippen LogP contribution in [-0.2, 0) is 29.7 Å². The molecule has 0 saturated carbocycles. The third-order valence-electron chi connectivity index (χ3n) is 4.86. The number of hydrogen-bond acceptors (Lipinski definition) is 6. The van der Waals surface area contributed by atoms with Gasteiger partial charge in [-0.05, 0) is 32.3 Å². The van der Waals surface area contributed by atoms with Crippen molar-refractivity contribution in [2.75, 3.05) is 7.11 Å². The van der Waals surface area contributed by atoms with Crippen molar-refractivity contribution in [3.63, 3.8) is 0 Å². The monoisotopic (exact) mass is 402 g/mol. The predicted octanol–water partition coefficient (Wildman–Crippen LogP) is 0.918.